The number of halogens is 2. The van der Waals surface area contributed by atoms with Gasteiger partial charge in [-0.05, 0) is 37.5 Å². The largest absolute Gasteiger partial charge is 0.443 e. The third kappa shape index (κ3) is 3.33. The second-order valence-electron chi connectivity index (χ2n) is 8.57. The Balaban J connectivity index is 1.16. The van der Waals surface area contributed by atoms with E-state index in [0.717, 1.165) is 35.3 Å². The van der Waals surface area contributed by atoms with Crippen molar-refractivity contribution in [2.75, 3.05) is 10.7 Å². The third-order valence-corrected chi connectivity index (χ3v) is 6.27. The molecule has 1 aromatic carbocycles. The molecule has 1 saturated carbocycles. The molecule has 4 heterocycles. The Morgan fingerprint density at radius 1 is 1.30 bits per heavy atom. The van der Waals surface area contributed by atoms with Gasteiger partial charge in [-0.3, -0.25) is 10.8 Å². The molecule has 1 aliphatic carbocycles. The Morgan fingerprint density at radius 2 is 2.15 bits per heavy atom. The van der Waals surface area contributed by atoms with Gasteiger partial charge in [-0.15, -0.1) is 5.10 Å². The summed E-state index contributed by atoms with van der Waals surface area (Å²) in [5.74, 6) is -1.47. The van der Waals surface area contributed by atoms with Crippen LogP contribution in [0, 0.1) is 12.3 Å². The van der Waals surface area contributed by atoms with Crippen LogP contribution in [0.4, 0.5) is 14.6 Å². The zero-order valence-electron chi connectivity index (χ0n) is 17.7. The summed E-state index contributed by atoms with van der Waals surface area (Å²) >= 11 is 0. The SMILES string of the molecule is Cc1c(-c2ncco2)nc(=N)n2c1NC(CCc1ccc3c(c1)nnn3C1CC(F)(F)C1)N2. The summed E-state index contributed by atoms with van der Waals surface area (Å²) in [5, 5.41) is 20.0. The minimum atomic E-state index is -2.60. The Bertz CT molecular complexity index is 1400. The monoisotopic (exact) mass is 453 g/mol. The lowest BCUT2D eigenvalue weighted by Gasteiger charge is -2.34. The highest BCUT2D eigenvalue weighted by Gasteiger charge is 2.47. The third-order valence-electron chi connectivity index (χ3n) is 6.27. The molecule has 1 aliphatic heterocycles. The van der Waals surface area contributed by atoms with Crippen LogP contribution in [0.15, 0.2) is 35.1 Å². The van der Waals surface area contributed by atoms with Gasteiger partial charge in [-0.2, -0.15) is 0 Å². The van der Waals surface area contributed by atoms with Gasteiger partial charge in [0, 0.05) is 18.4 Å². The van der Waals surface area contributed by atoms with E-state index in [0.29, 0.717) is 17.1 Å². The van der Waals surface area contributed by atoms with Gasteiger partial charge in [0.15, 0.2) is 0 Å². The number of rotatable bonds is 5. The van der Waals surface area contributed by atoms with E-state index in [1.165, 1.54) is 6.26 Å². The zero-order valence-corrected chi connectivity index (χ0v) is 17.7. The molecule has 12 heteroatoms. The molecule has 0 bridgehead atoms. The number of alkyl halides is 2. The number of benzene rings is 1. The van der Waals surface area contributed by atoms with Crippen LogP contribution in [-0.2, 0) is 6.42 Å². The van der Waals surface area contributed by atoms with Crippen LogP contribution in [0.25, 0.3) is 22.6 Å². The molecule has 0 radical (unpaired) electrons. The van der Waals surface area contributed by atoms with E-state index in [9.17, 15) is 8.78 Å². The molecule has 0 amide bonds. The zero-order chi connectivity index (χ0) is 22.7. The van der Waals surface area contributed by atoms with Gasteiger partial charge in [0.2, 0.25) is 11.5 Å². The van der Waals surface area contributed by atoms with Crippen molar-refractivity contribution in [2.45, 2.75) is 50.7 Å². The van der Waals surface area contributed by atoms with Crippen molar-refractivity contribution in [1.82, 2.24) is 29.6 Å². The van der Waals surface area contributed by atoms with E-state index in [-0.39, 0.29) is 30.7 Å². The Morgan fingerprint density at radius 3 is 2.91 bits per heavy atom. The minimum absolute atomic E-state index is 0.0541. The van der Waals surface area contributed by atoms with Crippen LogP contribution in [0.1, 0.15) is 36.4 Å². The molecule has 3 aromatic heterocycles. The van der Waals surface area contributed by atoms with Gasteiger partial charge in [0.25, 0.3) is 5.92 Å². The fourth-order valence-corrected chi connectivity index (χ4v) is 4.49. The van der Waals surface area contributed by atoms with Crippen molar-refractivity contribution in [3.63, 3.8) is 0 Å². The number of aryl methyl sites for hydroxylation is 1. The van der Waals surface area contributed by atoms with E-state index in [1.807, 2.05) is 25.1 Å². The molecular weight excluding hydrogens is 432 g/mol. The van der Waals surface area contributed by atoms with Crippen molar-refractivity contribution in [2.24, 2.45) is 0 Å². The van der Waals surface area contributed by atoms with Crippen molar-refractivity contribution < 1.29 is 13.2 Å². The lowest BCUT2D eigenvalue weighted by molar-refractivity contribution is -0.106. The fraction of sp³-hybridized carbons (Fsp3) is 0.381. The van der Waals surface area contributed by atoms with E-state index in [1.54, 1.807) is 15.6 Å². The van der Waals surface area contributed by atoms with Gasteiger partial charge >= 0.3 is 0 Å². The van der Waals surface area contributed by atoms with Crippen molar-refractivity contribution in [1.29, 1.82) is 5.41 Å². The highest BCUT2D eigenvalue weighted by molar-refractivity contribution is 5.75. The lowest BCUT2D eigenvalue weighted by Crippen LogP contribution is -2.37. The van der Waals surface area contributed by atoms with Gasteiger partial charge in [-0.25, -0.2) is 28.1 Å². The van der Waals surface area contributed by atoms with Gasteiger partial charge in [0.1, 0.15) is 29.5 Å². The standard InChI is InChI=1S/C21H21F2N9O/c1-11-17(19-25-6-7-33-19)27-20(24)32-18(11)26-16(29-32)5-3-12-2-4-15-14(8-12)28-30-31(15)13-9-21(22,23)10-13/h2,4,6-8,13,16,24,26,29H,3,5,9-10H2,1H3. The predicted molar refractivity (Wildman–Crippen MR) is 114 cm³/mol. The van der Waals surface area contributed by atoms with Crippen LogP contribution in [-0.4, -0.2) is 41.7 Å². The maximum Gasteiger partial charge on any atom is 0.252 e. The summed E-state index contributed by atoms with van der Waals surface area (Å²) in [7, 11) is 0. The number of hydrogen-bond acceptors (Lipinski definition) is 8. The molecule has 3 N–H and O–H groups in total. The molecule has 0 saturated heterocycles. The minimum Gasteiger partial charge on any atom is -0.443 e. The number of nitrogens with zero attached hydrogens (tertiary/aromatic N) is 6. The lowest BCUT2D eigenvalue weighted by atomic mass is 9.88. The second-order valence-corrected chi connectivity index (χ2v) is 8.57. The number of oxazole rings is 1. The molecule has 4 aromatic rings. The van der Waals surface area contributed by atoms with Crippen LogP contribution in [0.3, 0.4) is 0 Å². The first kappa shape index (κ1) is 19.8. The number of aromatic nitrogens is 6. The molecule has 1 unspecified atom stereocenters. The molecular formula is C21H21F2N9O. The maximum atomic E-state index is 13.2. The topological polar surface area (TPSA) is 122 Å². The first-order valence-corrected chi connectivity index (χ1v) is 10.7. The van der Waals surface area contributed by atoms with Crippen molar-refractivity contribution >= 4 is 16.9 Å². The summed E-state index contributed by atoms with van der Waals surface area (Å²) < 4.78 is 35.1. The molecule has 10 nitrogen and oxygen atoms in total. The molecule has 1 atom stereocenters. The first-order chi connectivity index (χ1) is 15.9. The smallest absolute Gasteiger partial charge is 0.252 e. The Kier molecular flexibility index (Phi) is 4.26. The van der Waals surface area contributed by atoms with E-state index in [4.69, 9.17) is 9.83 Å². The van der Waals surface area contributed by atoms with E-state index < -0.39 is 5.92 Å². The Hall–Kier alpha value is -3.83. The van der Waals surface area contributed by atoms with Crippen LogP contribution in [0.5, 0.6) is 0 Å². The molecule has 170 valence electrons. The maximum absolute atomic E-state index is 13.2. The normalized spacial score (nSPS) is 19.2. The van der Waals surface area contributed by atoms with Crippen LogP contribution >= 0.6 is 0 Å². The van der Waals surface area contributed by atoms with Crippen molar-refractivity contribution in [3.8, 4) is 11.6 Å². The summed E-state index contributed by atoms with van der Waals surface area (Å²) in [5.41, 5.74) is 7.24. The summed E-state index contributed by atoms with van der Waals surface area (Å²) in [6, 6.07) is 5.54. The first-order valence-electron chi connectivity index (χ1n) is 10.7. The van der Waals surface area contributed by atoms with E-state index >= 15 is 0 Å². The van der Waals surface area contributed by atoms with Gasteiger partial charge in [-0.1, -0.05) is 11.3 Å². The summed E-state index contributed by atoms with van der Waals surface area (Å²) in [6.07, 6.45) is 4.04. The van der Waals surface area contributed by atoms with Gasteiger partial charge in [0.05, 0.1) is 17.8 Å². The average Bonchev–Trinajstić information content (AvgIpc) is 3.52. The molecule has 0 spiro atoms. The summed E-state index contributed by atoms with van der Waals surface area (Å²) in [6.45, 7) is 1.91. The molecule has 6 rings (SSSR count). The quantitative estimate of drug-likeness (QED) is 0.425. The number of nitrogens with one attached hydrogen (secondary N) is 3. The summed E-state index contributed by atoms with van der Waals surface area (Å²) in [4.78, 5) is 8.46. The Labute approximate surface area is 186 Å². The molecule has 2 aliphatic rings. The van der Waals surface area contributed by atoms with E-state index in [2.05, 4.69) is 31.0 Å². The molecule has 1 fully saturated rings. The van der Waals surface area contributed by atoms with Crippen LogP contribution < -0.4 is 16.4 Å². The predicted octanol–water partition coefficient (Wildman–Crippen LogP) is 2.97. The number of hydrogen-bond donors (Lipinski definition) is 3. The number of anilines is 1. The average molecular weight is 453 g/mol. The highest BCUT2D eigenvalue weighted by atomic mass is 19.3. The number of fused-ring (bicyclic) bond motifs is 2. The second kappa shape index (κ2) is 7.09. The fourth-order valence-electron chi connectivity index (χ4n) is 4.49. The highest BCUT2D eigenvalue weighted by Crippen LogP contribution is 2.45. The molecule has 33 heavy (non-hydrogen) atoms. The van der Waals surface area contributed by atoms with Gasteiger partial charge < -0.3 is 9.73 Å². The van der Waals surface area contributed by atoms with Crippen molar-refractivity contribution in [3.05, 3.63) is 47.4 Å². The van der Waals surface area contributed by atoms with Crippen LogP contribution in [0.2, 0.25) is 0 Å².